The molecule has 1 aromatic heterocycles. The smallest absolute Gasteiger partial charge is 0.270 e. The number of hydrogen-bond donors (Lipinski definition) is 0. The van der Waals surface area contributed by atoms with Crippen molar-refractivity contribution in [2.24, 2.45) is 12.0 Å². The Kier molecular flexibility index (Phi) is 2.71. The molecule has 0 unspecified atom stereocenters. The molecule has 0 spiro atoms. The number of carbonyl (C=O) groups excluding carboxylic acids is 1. The third-order valence-electron chi connectivity index (χ3n) is 1.57. The Morgan fingerprint density at radius 2 is 2.29 bits per heavy atom. The first-order valence-electron chi connectivity index (χ1n) is 3.59. The van der Waals surface area contributed by atoms with E-state index in [9.17, 15) is 18.0 Å². The molecule has 0 aliphatic carbocycles. The molecule has 14 heavy (non-hydrogen) atoms. The van der Waals surface area contributed by atoms with Crippen molar-refractivity contribution in [3.05, 3.63) is 17.5 Å². The molecule has 0 bridgehead atoms. The molecule has 0 saturated heterocycles. The summed E-state index contributed by atoms with van der Waals surface area (Å²) in [5.74, 6) is 0. The first kappa shape index (κ1) is 10.5. The Bertz CT molecular complexity index is 376. The van der Waals surface area contributed by atoms with Gasteiger partial charge in [-0.25, -0.2) is 4.79 Å². The highest BCUT2D eigenvalue weighted by molar-refractivity contribution is 5.33. The Balaban J connectivity index is 2.99. The molecule has 7 heteroatoms. The summed E-state index contributed by atoms with van der Waals surface area (Å²) < 4.78 is 37.4. The van der Waals surface area contributed by atoms with Crippen LogP contribution in [0.5, 0.6) is 0 Å². The van der Waals surface area contributed by atoms with Crippen molar-refractivity contribution in [1.82, 2.24) is 9.78 Å². The van der Waals surface area contributed by atoms with Crippen molar-refractivity contribution in [3.8, 4) is 0 Å². The van der Waals surface area contributed by atoms with E-state index >= 15 is 0 Å². The first-order valence-corrected chi connectivity index (χ1v) is 3.59. The summed E-state index contributed by atoms with van der Waals surface area (Å²) in [6, 6.07) is 0.848. The standard InChI is InChI=1S/C7H6F3N3O/c1-13-5(3-11-4-14)2-6(12-13)7(8,9)10/h2H,3H2,1H3. The van der Waals surface area contributed by atoms with E-state index in [1.54, 1.807) is 0 Å². The lowest BCUT2D eigenvalue weighted by molar-refractivity contribution is -0.141. The van der Waals surface area contributed by atoms with Crippen molar-refractivity contribution in [1.29, 1.82) is 0 Å². The summed E-state index contributed by atoms with van der Waals surface area (Å²) in [5.41, 5.74) is -0.781. The van der Waals surface area contributed by atoms with Crippen LogP contribution >= 0.6 is 0 Å². The third kappa shape index (κ3) is 2.20. The molecule has 0 fully saturated rings. The van der Waals surface area contributed by atoms with Crippen LogP contribution in [0.2, 0.25) is 0 Å². The SMILES string of the molecule is Cn1nc(C(F)(F)F)cc1CN=C=O. The van der Waals surface area contributed by atoms with Gasteiger partial charge in [0.15, 0.2) is 5.69 Å². The van der Waals surface area contributed by atoms with Crippen LogP contribution in [0.4, 0.5) is 13.2 Å². The average molecular weight is 205 g/mol. The number of hydrogen-bond acceptors (Lipinski definition) is 3. The monoisotopic (exact) mass is 205 g/mol. The van der Waals surface area contributed by atoms with Gasteiger partial charge in [0, 0.05) is 7.05 Å². The fourth-order valence-corrected chi connectivity index (χ4v) is 0.906. The molecule has 0 saturated carbocycles. The lowest BCUT2D eigenvalue weighted by Gasteiger charge is -1.99. The van der Waals surface area contributed by atoms with E-state index in [0.29, 0.717) is 0 Å². The van der Waals surface area contributed by atoms with Crippen molar-refractivity contribution in [2.75, 3.05) is 0 Å². The number of halogens is 3. The number of rotatable bonds is 2. The van der Waals surface area contributed by atoms with Crippen LogP contribution in [0.1, 0.15) is 11.4 Å². The summed E-state index contributed by atoms with van der Waals surface area (Å²) in [6.45, 7) is -0.150. The number of aliphatic imine (C=N–C) groups is 1. The Morgan fingerprint density at radius 1 is 1.64 bits per heavy atom. The second-order valence-corrected chi connectivity index (χ2v) is 2.55. The highest BCUT2D eigenvalue weighted by atomic mass is 19.4. The van der Waals surface area contributed by atoms with E-state index in [0.717, 1.165) is 10.7 Å². The second-order valence-electron chi connectivity index (χ2n) is 2.55. The molecule has 0 N–H and O–H groups in total. The lowest BCUT2D eigenvalue weighted by atomic mass is 10.3. The molecule has 0 atom stereocenters. The zero-order valence-electron chi connectivity index (χ0n) is 7.17. The lowest BCUT2D eigenvalue weighted by Crippen LogP contribution is -2.06. The van der Waals surface area contributed by atoms with Gasteiger partial charge in [-0.3, -0.25) is 4.68 Å². The minimum atomic E-state index is -4.47. The fourth-order valence-electron chi connectivity index (χ4n) is 0.906. The van der Waals surface area contributed by atoms with Gasteiger partial charge >= 0.3 is 6.18 Å². The van der Waals surface area contributed by atoms with Gasteiger partial charge in [-0.2, -0.15) is 23.3 Å². The van der Waals surface area contributed by atoms with Crippen LogP contribution in [0.3, 0.4) is 0 Å². The Morgan fingerprint density at radius 3 is 2.71 bits per heavy atom. The van der Waals surface area contributed by atoms with Crippen LogP contribution in [-0.2, 0) is 24.6 Å². The molecule has 4 nitrogen and oxygen atoms in total. The molecule has 1 rings (SSSR count). The van der Waals surface area contributed by atoms with Gasteiger partial charge in [-0.1, -0.05) is 0 Å². The van der Waals surface area contributed by atoms with E-state index < -0.39 is 11.9 Å². The van der Waals surface area contributed by atoms with Gasteiger partial charge in [0.1, 0.15) is 0 Å². The molecule has 1 heterocycles. The molecular weight excluding hydrogens is 199 g/mol. The molecule has 0 amide bonds. The molecule has 76 valence electrons. The summed E-state index contributed by atoms with van der Waals surface area (Å²) in [5, 5.41) is 3.24. The van der Waals surface area contributed by atoms with Gasteiger partial charge < -0.3 is 0 Å². The number of alkyl halides is 3. The second kappa shape index (κ2) is 3.63. The predicted octanol–water partition coefficient (Wildman–Crippen LogP) is 1.27. The zero-order chi connectivity index (χ0) is 10.8. The van der Waals surface area contributed by atoms with E-state index in [1.165, 1.54) is 13.1 Å². The van der Waals surface area contributed by atoms with Crippen LogP contribution < -0.4 is 0 Å². The van der Waals surface area contributed by atoms with Gasteiger partial charge in [-0.05, 0) is 6.07 Å². The Hall–Kier alpha value is -1.62. The maximum Gasteiger partial charge on any atom is 0.435 e. The molecular formula is C7H6F3N3O. The minimum Gasteiger partial charge on any atom is -0.270 e. The van der Waals surface area contributed by atoms with Crippen molar-refractivity contribution >= 4 is 6.08 Å². The topological polar surface area (TPSA) is 47.2 Å². The van der Waals surface area contributed by atoms with Gasteiger partial charge in [0.05, 0.1) is 12.2 Å². The maximum absolute atomic E-state index is 12.1. The maximum atomic E-state index is 12.1. The van der Waals surface area contributed by atoms with Crippen molar-refractivity contribution in [2.45, 2.75) is 12.7 Å². The van der Waals surface area contributed by atoms with Crippen LogP contribution in [-0.4, -0.2) is 15.9 Å². The molecule has 0 radical (unpaired) electrons. The fraction of sp³-hybridized carbons (Fsp3) is 0.429. The van der Waals surface area contributed by atoms with E-state index in [2.05, 4.69) is 10.1 Å². The van der Waals surface area contributed by atoms with E-state index in [1.807, 2.05) is 0 Å². The minimum absolute atomic E-state index is 0.150. The average Bonchev–Trinajstić information content (AvgIpc) is 2.43. The first-order chi connectivity index (χ1) is 6.45. The summed E-state index contributed by atoms with van der Waals surface area (Å²) in [4.78, 5) is 12.9. The molecule has 0 aromatic carbocycles. The molecule has 1 aromatic rings. The number of isocyanates is 1. The summed E-state index contributed by atoms with van der Waals surface area (Å²) in [7, 11) is 1.35. The Labute approximate surface area is 77.1 Å². The molecule has 0 aliphatic rings. The summed E-state index contributed by atoms with van der Waals surface area (Å²) >= 11 is 0. The van der Waals surface area contributed by atoms with Crippen LogP contribution in [0, 0.1) is 0 Å². The van der Waals surface area contributed by atoms with Gasteiger partial charge in [-0.15, -0.1) is 0 Å². The normalized spacial score (nSPS) is 11.1. The quantitative estimate of drug-likeness (QED) is 0.539. The van der Waals surface area contributed by atoms with Gasteiger partial charge in [0.2, 0.25) is 6.08 Å². The van der Waals surface area contributed by atoms with Crippen molar-refractivity contribution < 1.29 is 18.0 Å². The summed E-state index contributed by atoms with van der Waals surface area (Å²) in [6.07, 6.45) is -3.23. The number of aromatic nitrogens is 2. The van der Waals surface area contributed by atoms with Crippen LogP contribution in [0.15, 0.2) is 11.1 Å². The number of aryl methyl sites for hydroxylation is 1. The number of nitrogens with zero attached hydrogens (tertiary/aromatic N) is 3. The molecule has 0 aliphatic heterocycles. The van der Waals surface area contributed by atoms with Crippen molar-refractivity contribution in [3.63, 3.8) is 0 Å². The van der Waals surface area contributed by atoms with Crippen LogP contribution in [0.25, 0.3) is 0 Å². The van der Waals surface area contributed by atoms with E-state index in [4.69, 9.17) is 0 Å². The van der Waals surface area contributed by atoms with Gasteiger partial charge in [0.25, 0.3) is 0 Å². The zero-order valence-corrected chi connectivity index (χ0v) is 7.17. The third-order valence-corrected chi connectivity index (χ3v) is 1.57. The highest BCUT2D eigenvalue weighted by Crippen LogP contribution is 2.28. The highest BCUT2D eigenvalue weighted by Gasteiger charge is 2.34. The largest absolute Gasteiger partial charge is 0.435 e. The van der Waals surface area contributed by atoms with E-state index in [-0.39, 0.29) is 12.2 Å². The predicted molar refractivity (Wildman–Crippen MR) is 40.0 cm³/mol.